The molecule has 0 saturated carbocycles. The summed E-state index contributed by atoms with van der Waals surface area (Å²) in [6, 6.07) is 7.02. The molecule has 2 aliphatic heterocycles. The Bertz CT molecular complexity index is 476. The minimum atomic E-state index is 0.455. The molecule has 0 fully saturated rings. The van der Waals surface area contributed by atoms with Crippen molar-refractivity contribution in [2.45, 2.75) is 19.4 Å². The summed E-state index contributed by atoms with van der Waals surface area (Å²) in [7, 11) is 0. The number of nitrogens with zero attached hydrogens (tertiary/aromatic N) is 2. The van der Waals surface area contributed by atoms with E-state index in [0.29, 0.717) is 6.04 Å². The van der Waals surface area contributed by atoms with E-state index in [1.165, 1.54) is 16.8 Å². The number of rotatable bonds is 1. The van der Waals surface area contributed by atoms with Gasteiger partial charge in [-0.3, -0.25) is 4.99 Å². The van der Waals surface area contributed by atoms with E-state index in [1.54, 1.807) is 0 Å². The fourth-order valence-electron chi connectivity index (χ4n) is 2.60. The van der Waals surface area contributed by atoms with Crippen LogP contribution in [0.3, 0.4) is 0 Å². The van der Waals surface area contributed by atoms with Gasteiger partial charge in [-0.05, 0) is 43.2 Å². The summed E-state index contributed by atoms with van der Waals surface area (Å²) < 4.78 is 0. The molecule has 1 unspecified atom stereocenters. The summed E-state index contributed by atoms with van der Waals surface area (Å²) >= 11 is 0. The van der Waals surface area contributed by atoms with Gasteiger partial charge in [0.15, 0.2) is 0 Å². The number of allylic oxidation sites excluding steroid dienone is 1. The van der Waals surface area contributed by atoms with Crippen molar-refractivity contribution in [3.63, 3.8) is 0 Å². The summed E-state index contributed by atoms with van der Waals surface area (Å²) in [6.45, 7) is 4.02. The van der Waals surface area contributed by atoms with Gasteiger partial charge in [0.2, 0.25) is 0 Å². The van der Waals surface area contributed by atoms with Crippen molar-refractivity contribution >= 4 is 11.9 Å². The van der Waals surface area contributed by atoms with Gasteiger partial charge in [-0.15, -0.1) is 0 Å². The van der Waals surface area contributed by atoms with Gasteiger partial charge in [0.25, 0.3) is 0 Å². The molecule has 1 aromatic rings. The van der Waals surface area contributed by atoms with E-state index in [9.17, 15) is 0 Å². The highest BCUT2D eigenvalue weighted by molar-refractivity contribution is 5.74. The van der Waals surface area contributed by atoms with Crippen LogP contribution >= 0.6 is 0 Å². The molecule has 0 radical (unpaired) electrons. The van der Waals surface area contributed by atoms with Crippen LogP contribution in [-0.4, -0.2) is 19.4 Å². The topological polar surface area (TPSA) is 27.6 Å². The maximum Gasteiger partial charge on any atom is 0.114 e. The molecule has 0 saturated heterocycles. The highest BCUT2D eigenvalue weighted by Gasteiger charge is 2.20. The van der Waals surface area contributed by atoms with Gasteiger partial charge >= 0.3 is 0 Å². The van der Waals surface area contributed by atoms with Crippen LogP contribution in [0, 0.1) is 0 Å². The second kappa shape index (κ2) is 4.34. The van der Waals surface area contributed by atoms with Crippen LogP contribution in [0.2, 0.25) is 0 Å². The highest BCUT2D eigenvalue weighted by Crippen LogP contribution is 2.31. The van der Waals surface area contributed by atoms with Crippen molar-refractivity contribution in [2.24, 2.45) is 4.99 Å². The zero-order valence-electron chi connectivity index (χ0n) is 10.1. The molecule has 0 aromatic heterocycles. The van der Waals surface area contributed by atoms with E-state index in [4.69, 9.17) is 0 Å². The van der Waals surface area contributed by atoms with Crippen LogP contribution in [-0.2, 0) is 6.42 Å². The fraction of sp³-hybridized carbons (Fsp3) is 0.357. The number of aliphatic imine (C=N–C) groups is 1. The second-order valence-corrected chi connectivity index (χ2v) is 4.56. The van der Waals surface area contributed by atoms with Crippen molar-refractivity contribution in [3.8, 4) is 0 Å². The summed E-state index contributed by atoms with van der Waals surface area (Å²) in [6.07, 6.45) is 7.06. The second-order valence-electron chi connectivity index (χ2n) is 4.56. The van der Waals surface area contributed by atoms with E-state index in [1.807, 2.05) is 12.3 Å². The molecule has 3 nitrogen and oxygen atoms in total. The predicted octanol–water partition coefficient (Wildman–Crippen LogP) is 2.26. The van der Waals surface area contributed by atoms with E-state index >= 15 is 0 Å². The van der Waals surface area contributed by atoms with Gasteiger partial charge in [0.05, 0.1) is 0 Å². The van der Waals surface area contributed by atoms with Crippen molar-refractivity contribution in [2.75, 3.05) is 18.1 Å². The Hall–Kier alpha value is -1.61. The normalized spacial score (nSPS) is 22.6. The van der Waals surface area contributed by atoms with Gasteiger partial charge < -0.3 is 10.2 Å². The Kier molecular flexibility index (Phi) is 2.69. The Morgan fingerprint density at radius 2 is 2.35 bits per heavy atom. The number of nitrogens with one attached hydrogen (secondary N) is 1. The van der Waals surface area contributed by atoms with Crippen LogP contribution in [0.1, 0.15) is 24.1 Å². The third-order valence-electron chi connectivity index (χ3n) is 3.48. The van der Waals surface area contributed by atoms with Gasteiger partial charge in [0.1, 0.15) is 6.67 Å². The van der Waals surface area contributed by atoms with Crippen LogP contribution in [0.25, 0.3) is 0 Å². The minimum Gasteiger partial charge on any atom is -0.328 e. The molecule has 0 amide bonds. The average Bonchev–Trinajstić information content (AvgIpc) is 2.40. The monoisotopic (exact) mass is 227 g/mol. The van der Waals surface area contributed by atoms with Gasteiger partial charge in [-0.25, -0.2) is 0 Å². The molecule has 1 aromatic carbocycles. The van der Waals surface area contributed by atoms with Crippen molar-refractivity contribution in [1.82, 2.24) is 5.32 Å². The van der Waals surface area contributed by atoms with Crippen LogP contribution in [0.4, 0.5) is 5.69 Å². The molecule has 0 bridgehead atoms. The van der Waals surface area contributed by atoms with Crippen molar-refractivity contribution in [3.05, 3.63) is 41.6 Å². The zero-order valence-corrected chi connectivity index (χ0v) is 10.1. The predicted molar refractivity (Wildman–Crippen MR) is 71.5 cm³/mol. The Balaban J connectivity index is 2.02. The Morgan fingerprint density at radius 3 is 3.18 bits per heavy atom. The van der Waals surface area contributed by atoms with E-state index < -0.39 is 0 Å². The van der Waals surface area contributed by atoms with Crippen molar-refractivity contribution in [1.29, 1.82) is 0 Å². The van der Waals surface area contributed by atoms with E-state index in [2.05, 4.69) is 46.5 Å². The summed E-state index contributed by atoms with van der Waals surface area (Å²) in [5, 5.41) is 3.50. The van der Waals surface area contributed by atoms with Gasteiger partial charge in [-0.1, -0.05) is 12.1 Å². The van der Waals surface area contributed by atoms with Crippen molar-refractivity contribution < 1.29 is 0 Å². The van der Waals surface area contributed by atoms with Crippen LogP contribution in [0.15, 0.2) is 35.5 Å². The maximum atomic E-state index is 4.30. The fourth-order valence-corrected chi connectivity index (χ4v) is 2.60. The van der Waals surface area contributed by atoms with Gasteiger partial charge in [-0.2, -0.15) is 0 Å². The highest BCUT2D eigenvalue weighted by atomic mass is 15.2. The third kappa shape index (κ3) is 1.87. The lowest BCUT2D eigenvalue weighted by molar-refractivity contribution is 0.541. The smallest absolute Gasteiger partial charge is 0.114 e. The number of fused-ring (bicyclic) bond motifs is 1. The summed E-state index contributed by atoms with van der Waals surface area (Å²) in [5.41, 5.74) is 4.21. The molecule has 2 heterocycles. The molecule has 0 spiro atoms. The number of anilines is 1. The first-order chi connectivity index (χ1) is 8.36. The van der Waals surface area contributed by atoms with Crippen LogP contribution < -0.4 is 10.2 Å². The standard InChI is InChI=1S/C14H17N3/c1-11-12-4-2-5-14(13(12)6-8-16-11)17-9-3-7-15-10-17/h2-5,7,9,11,16H,6,8,10H2,1H3. The maximum absolute atomic E-state index is 4.30. The summed E-state index contributed by atoms with van der Waals surface area (Å²) in [5.74, 6) is 0. The minimum absolute atomic E-state index is 0.455. The number of hydrogen-bond donors (Lipinski definition) is 1. The molecular formula is C14H17N3. The Morgan fingerprint density at radius 1 is 1.41 bits per heavy atom. The Labute approximate surface area is 102 Å². The molecule has 1 N–H and O–H groups in total. The first-order valence-electron chi connectivity index (χ1n) is 6.14. The zero-order chi connectivity index (χ0) is 11.7. The van der Waals surface area contributed by atoms with E-state index in [0.717, 1.165) is 19.6 Å². The van der Waals surface area contributed by atoms with Crippen LogP contribution in [0.5, 0.6) is 0 Å². The SMILES string of the molecule is CC1NCCc2c1cccc2N1C=CC=NC1. The quantitative estimate of drug-likeness (QED) is 0.797. The third-order valence-corrected chi connectivity index (χ3v) is 3.48. The molecular weight excluding hydrogens is 210 g/mol. The molecule has 2 aliphatic rings. The molecule has 88 valence electrons. The van der Waals surface area contributed by atoms with E-state index in [-0.39, 0.29) is 0 Å². The lowest BCUT2D eigenvalue weighted by Crippen LogP contribution is -2.30. The molecule has 3 rings (SSSR count). The number of benzene rings is 1. The lowest BCUT2D eigenvalue weighted by atomic mass is 9.93. The molecule has 0 aliphatic carbocycles. The average molecular weight is 227 g/mol. The first kappa shape index (κ1) is 10.5. The van der Waals surface area contributed by atoms with Gasteiger partial charge in [0, 0.05) is 24.1 Å². The summed E-state index contributed by atoms with van der Waals surface area (Å²) in [4.78, 5) is 6.52. The largest absolute Gasteiger partial charge is 0.328 e. The number of hydrogen-bond acceptors (Lipinski definition) is 3. The molecule has 17 heavy (non-hydrogen) atoms. The molecule has 3 heteroatoms. The first-order valence-corrected chi connectivity index (χ1v) is 6.14. The lowest BCUT2D eigenvalue weighted by Gasteiger charge is -2.30. The molecule has 1 atom stereocenters.